The van der Waals surface area contributed by atoms with Gasteiger partial charge in [-0.3, -0.25) is 9.69 Å². The molecule has 2 atom stereocenters. The van der Waals surface area contributed by atoms with Gasteiger partial charge in [0.1, 0.15) is 17.6 Å². The van der Waals surface area contributed by atoms with Crippen LogP contribution in [0.3, 0.4) is 0 Å². The third-order valence-corrected chi connectivity index (χ3v) is 5.86. The standard InChI is InChI=1S/C22H26N2O4/c1-14-13-19(16(3)27-14)21(25)23-11-9-18(10-12-23)24-15(2)20(28-22(24)26)17-7-5-4-6-8-17/h4-8,13,15,18,20H,9-12H2,1-3H3/t15-,20-/m0/s1. The molecule has 2 aliphatic heterocycles. The molecule has 1 aromatic carbocycles. The molecule has 2 saturated heterocycles. The molecular weight excluding hydrogens is 356 g/mol. The number of carbonyl (C=O) groups excluding carboxylic acids is 2. The van der Waals surface area contributed by atoms with E-state index in [4.69, 9.17) is 9.15 Å². The van der Waals surface area contributed by atoms with Gasteiger partial charge in [0.25, 0.3) is 5.91 Å². The third-order valence-electron chi connectivity index (χ3n) is 5.86. The molecule has 28 heavy (non-hydrogen) atoms. The van der Waals surface area contributed by atoms with Crippen molar-refractivity contribution in [3.8, 4) is 0 Å². The topological polar surface area (TPSA) is 63.0 Å². The molecule has 0 bridgehead atoms. The number of rotatable bonds is 3. The zero-order valence-corrected chi connectivity index (χ0v) is 16.6. The number of cyclic esters (lactones) is 1. The number of aryl methyl sites for hydroxylation is 2. The van der Waals surface area contributed by atoms with Crippen molar-refractivity contribution in [2.24, 2.45) is 0 Å². The molecule has 4 rings (SSSR count). The minimum atomic E-state index is -0.257. The molecule has 0 N–H and O–H groups in total. The molecule has 148 valence electrons. The Labute approximate surface area is 165 Å². The van der Waals surface area contributed by atoms with Crippen LogP contribution in [-0.4, -0.2) is 47.0 Å². The van der Waals surface area contributed by atoms with Gasteiger partial charge in [-0.15, -0.1) is 0 Å². The second kappa shape index (κ2) is 7.34. The fourth-order valence-corrected chi connectivity index (χ4v) is 4.41. The Kier molecular flexibility index (Phi) is 4.87. The summed E-state index contributed by atoms with van der Waals surface area (Å²) in [5, 5.41) is 0. The van der Waals surface area contributed by atoms with Crippen molar-refractivity contribution in [3.63, 3.8) is 0 Å². The highest BCUT2D eigenvalue weighted by Crippen LogP contribution is 2.36. The van der Waals surface area contributed by atoms with Gasteiger partial charge in [-0.2, -0.15) is 0 Å². The molecule has 0 radical (unpaired) electrons. The van der Waals surface area contributed by atoms with E-state index < -0.39 is 0 Å². The molecule has 2 aromatic rings. The highest BCUT2D eigenvalue weighted by atomic mass is 16.6. The molecule has 2 aliphatic rings. The number of amides is 2. The summed E-state index contributed by atoms with van der Waals surface area (Å²) < 4.78 is 11.2. The van der Waals surface area contributed by atoms with Gasteiger partial charge in [-0.05, 0) is 45.2 Å². The van der Waals surface area contributed by atoms with E-state index >= 15 is 0 Å². The minimum Gasteiger partial charge on any atom is -0.466 e. The molecule has 0 unspecified atom stereocenters. The highest BCUT2D eigenvalue weighted by molar-refractivity contribution is 5.95. The van der Waals surface area contributed by atoms with Crippen LogP contribution < -0.4 is 0 Å². The summed E-state index contributed by atoms with van der Waals surface area (Å²) in [6.07, 6.45) is 1.00. The predicted octanol–water partition coefficient (Wildman–Crippen LogP) is 4.08. The maximum atomic E-state index is 12.8. The van der Waals surface area contributed by atoms with Crippen LogP contribution in [0.2, 0.25) is 0 Å². The van der Waals surface area contributed by atoms with Crippen LogP contribution in [0.25, 0.3) is 0 Å². The van der Waals surface area contributed by atoms with Crippen LogP contribution in [0, 0.1) is 13.8 Å². The average molecular weight is 382 g/mol. The Morgan fingerprint density at radius 2 is 1.79 bits per heavy atom. The maximum absolute atomic E-state index is 12.8. The number of hydrogen-bond donors (Lipinski definition) is 0. The van der Waals surface area contributed by atoms with E-state index in [0.29, 0.717) is 24.4 Å². The number of hydrogen-bond acceptors (Lipinski definition) is 4. The molecule has 1 aromatic heterocycles. The van der Waals surface area contributed by atoms with Crippen molar-refractivity contribution in [1.82, 2.24) is 9.80 Å². The van der Waals surface area contributed by atoms with Gasteiger partial charge in [-0.1, -0.05) is 30.3 Å². The summed E-state index contributed by atoms with van der Waals surface area (Å²) >= 11 is 0. The quantitative estimate of drug-likeness (QED) is 0.802. The summed E-state index contributed by atoms with van der Waals surface area (Å²) in [5.41, 5.74) is 1.65. The molecule has 6 nitrogen and oxygen atoms in total. The summed E-state index contributed by atoms with van der Waals surface area (Å²) in [6, 6.07) is 11.7. The van der Waals surface area contributed by atoms with E-state index in [9.17, 15) is 9.59 Å². The first kappa shape index (κ1) is 18.6. The first-order chi connectivity index (χ1) is 13.5. The Morgan fingerprint density at radius 1 is 1.11 bits per heavy atom. The molecule has 3 heterocycles. The molecule has 0 aliphatic carbocycles. The zero-order chi connectivity index (χ0) is 19.8. The lowest BCUT2D eigenvalue weighted by Crippen LogP contribution is -2.49. The van der Waals surface area contributed by atoms with E-state index in [0.717, 1.165) is 24.2 Å². The largest absolute Gasteiger partial charge is 0.466 e. The number of furan rings is 1. The van der Waals surface area contributed by atoms with E-state index in [-0.39, 0.29) is 30.2 Å². The van der Waals surface area contributed by atoms with Crippen molar-refractivity contribution in [3.05, 3.63) is 59.0 Å². The number of nitrogens with zero attached hydrogens (tertiary/aromatic N) is 2. The first-order valence-electron chi connectivity index (χ1n) is 9.86. The fourth-order valence-electron chi connectivity index (χ4n) is 4.41. The lowest BCUT2D eigenvalue weighted by atomic mass is 9.98. The van der Waals surface area contributed by atoms with E-state index in [1.165, 1.54) is 0 Å². The van der Waals surface area contributed by atoms with Crippen LogP contribution >= 0.6 is 0 Å². The number of carbonyl (C=O) groups is 2. The van der Waals surface area contributed by atoms with Crippen molar-refractivity contribution < 1.29 is 18.7 Å². The van der Waals surface area contributed by atoms with E-state index in [1.807, 2.05) is 60.9 Å². The Balaban J connectivity index is 1.41. The lowest BCUT2D eigenvalue weighted by Gasteiger charge is -2.37. The highest BCUT2D eigenvalue weighted by Gasteiger charge is 2.44. The second-order valence-electron chi connectivity index (χ2n) is 7.71. The van der Waals surface area contributed by atoms with E-state index in [2.05, 4.69) is 0 Å². The van der Waals surface area contributed by atoms with Crippen molar-refractivity contribution >= 4 is 12.0 Å². The van der Waals surface area contributed by atoms with Crippen LogP contribution in [0.4, 0.5) is 4.79 Å². The Morgan fingerprint density at radius 3 is 2.39 bits per heavy atom. The van der Waals surface area contributed by atoms with Crippen LogP contribution in [0.1, 0.15) is 53.3 Å². The normalized spacial score (nSPS) is 23.2. The molecule has 0 saturated carbocycles. The lowest BCUT2D eigenvalue weighted by molar-refractivity contribution is 0.0639. The SMILES string of the molecule is Cc1cc(C(=O)N2CCC(N3C(=O)O[C@H](c4ccccc4)[C@@H]3C)CC2)c(C)o1. The van der Waals surface area contributed by atoms with Crippen LogP contribution in [0.5, 0.6) is 0 Å². The van der Waals surface area contributed by atoms with Crippen molar-refractivity contribution in [1.29, 1.82) is 0 Å². The molecule has 2 amide bonds. The van der Waals surface area contributed by atoms with Gasteiger partial charge in [0.2, 0.25) is 0 Å². The monoisotopic (exact) mass is 382 g/mol. The summed E-state index contributed by atoms with van der Waals surface area (Å²) in [4.78, 5) is 29.1. The molecule has 6 heteroatoms. The van der Waals surface area contributed by atoms with Gasteiger partial charge in [0.15, 0.2) is 0 Å². The van der Waals surface area contributed by atoms with Crippen molar-refractivity contribution in [2.75, 3.05) is 13.1 Å². The number of piperidine rings is 1. The van der Waals surface area contributed by atoms with Gasteiger partial charge in [0.05, 0.1) is 11.6 Å². The number of benzene rings is 1. The summed E-state index contributed by atoms with van der Waals surface area (Å²) in [6.45, 7) is 6.95. The van der Waals surface area contributed by atoms with Gasteiger partial charge in [-0.25, -0.2) is 4.79 Å². The van der Waals surface area contributed by atoms with E-state index in [1.54, 1.807) is 6.07 Å². The molecule has 2 fully saturated rings. The fraction of sp³-hybridized carbons (Fsp3) is 0.455. The van der Waals surface area contributed by atoms with Gasteiger partial charge >= 0.3 is 6.09 Å². The molecular formula is C22H26N2O4. The number of ether oxygens (including phenoxy) is 1. The van der Waals surface area contributed by atoms with Crippen LogP contribution in [0.15, 0.2) is 40.8 Å². The molecule has 0 spiro atoms. The Hall–Kier alpha value is -2.76. The summed E-state index contributed by atoms with van der Waals surface area (Å²) in [7, 11) is 0. The maximum Gasteiger partial charge on any atom is 0.411 e. The first-order valence-corrected chi connectivity index (χ1v) is 9.86. The number of likely N-dealkylation sites (tertiary alicyclic amines) is 1. The van der Waals surface area contributed by atoms with Crippen molar-refractivity contribution in [2.45, 2.75) is 51.8 Å². The second-order valence-corrected chi connectivity index (χ2v) is 7.71. The minimum absolute atomic E-state index is 0.00649. The van der Waals surface area contributed by atoms with Gasteiger partial charge < -0.3 is 14.1 Å². The summed E-state index contributed by atoms with van der Waals surface area (Å²) in [5.74, 6) is 1.41. The smallest absolute Gasteiger partial charge is 0.411 e. The zero-order valence-electron chi connectivity index (χ0n) is 16.6. The Bertz CT molecular complexity index is 868. The average Bonchev–Trinajstić information content (AvgIpc) is 3.19. The van der Waals surface area contributed by atoms with Crippen LogP contribution in [-0.2, 0) is 4.74 Å². The van der Waals surface area contributed by atoms with Gasteiger partial charge in [0, 0.05) is 19.1 Å². The third kappa shape index (κ3) is 3.28. The predicted molar refractivity (Wildman–Crippen MR) is 104 cm³/mol.